The lowest BCUT2D eigenvalue weighted by molar-refractivity contribution is -0.131. The largest absolute Gasteiger partial charge is 0.326 e. The monoisotopic (exact) mass is 329 g/mol. The highest BCUT2D eigenvalue weighted by molar-refractivity contribution is 6.08. The van der Waals surface area contributed by atoms with Crippen molar-refractivity contribution < 1.29 is 14.4 Å². The highest BCUT2D eigenvalue weighted by atomic mass is 16.2. The van der Waals surface area contributed by atoms with Crippen molar-refractivity contribution in [2.75, 3.05) is 11.4 Å². The number of urea groups is 1. The summed E-state index contributed by atoms with van der Waals surface area (Å²) < 4.78 is 0. The van der Waals surface area contributed by atoms with Gasteiger partial charge in [0.1, 0.15) is 12.6 Å². The van der Waals surface area contributed by atoms with Crippen molar-refractivity contribution in [2.45, 2.75) is 45.7 Å². The van der Waals surface area contributed by atoms with Crippen LogP contribution in [-0.2, 0) is 16.0 Å². The number of para-hydroxylation sites is 1. The van der Waals surface area contributed by atoms with Gasteiger partial charge in [-0.2, -0.15) is 0 Å². The summed E-state index contributed by atoms with van der Waals surface area (Å²) in [6.07, 6.45) is 1.37. The molecule has 6 heteroatoms. The molecule has 1 saturated heterocycles. The van der Waals surface area contributed by atoms with Crippen LogP contribution in [0.25, 0.3) is 0 Å². The number of carbonyl (C=O) groups excluding carboxylic acids is 3. The van der Waals surface area contributed by atoms with E-state index < -0.39 is 12.1 Å². The third-order valence-corrected chi connectivity index (χ3v) is 4.58. The van der Waals surface area contributed by atoms with E-state index in [1.54, 1.807) is 4.90 Å². The summed E-state index contributed by atoms with van der Waals surface area (Å²) in [5.41, 5.74) is 1.99. The molecular formula is C18H23N3O3. The van der Waals surface area contributed by atoms with Crippen LogP contribution in [0.4, 0.5) is 10.5 Å². The van der Waals surface area contributed by atoms with E-state index in [2.05, 4.69) is 5.32 Å². The van der Waals surface area contributed by atoms with Gasteiger partial charge in [-0.15, -0.1) is 0 Å². The summed E-state index contributed by atoms with van der Waals surface area (Å²) in [6, 6.07) is 6.79. The molecule has 2 aliphatic rings. The Kier molecular flexibility index (Phi) is 4.30. The number of benzene rings is 1. The first kappa shape index (κ1) is 16.5. The van der Waals surface area contributed by atoms with Gasteiger partial charge < -0.3 is 10.2 Å². The molecule has 1 aromatic carbocycles. The van der Waals surface area contributed by atoms with Crippen molar-refractivity contribution in [2.24, 2.45) is 5.92 Å². The lowest BCUT2D eigenvalue weighted by atomic mass is 10.0. The summed E-state index contributed by atoms with van der Waals surface area (Å²) in [5, 5.41) is 2.68. The van der Waals surface area contributed by atoms with E-state index in [4.69, 9.17) is 0 Å². The summed E-state index contributed by atoms with van der Waals surface area (Å²) in [6.45, 7) is 5.76. The fraction of sp³-hybridized carbons (Fsp3) is 0.500. The lowest BCUT2D eigenvalue weighted by Crippen LogP contribution is -2.45. The van der Waals surface area contributed by atoms with E-state index in [-0.39, 0.29) is 24.4 Å². The quantitative estimate of drug-likeness (QED) is 0.858. The van der Waals surface area contributed by atoms with E-state index >= 15 is 0 Å². The van der Waals surface area contributed by atoms with E-state index in [1.807, 2.05) is 45.0 Å². The van der Waals surface area contributed by atoms with E-state index in [9.17, 15) is 14.4 Å². The standard InChI is InChI=1S/C18H23N3O3/c1-11(2)8-14-17(23)20(18(24)19-14)10-16(22)21-12(3)9-13-6-4-5-7-15(13)21/h4-7,11-12,14H,8-10H2,1-3H3,(H,19,24). The molecule has 24 heavy (non-hydrogen) atoms. The van der Waals surface area contributed by atoms with Gasteiger partial charge in [-0.05, 0) is 37.3 Å². The van der Waals surface area contributed by atoms with Crippen molar-refractivity contribution in [3.05, 3.63) is 29.8 Å². The summed E-state index contributed by atoms with van der Waals surface area (Å²) in [7, 11) is 0. The van der Waals surface area contributed by atoms with Crippen molar-refractivity contribution in [3.8, 4) is 0 Å². The average molecular weight is 329 g/mol. The molecule has 2 aliphatic heterocycles. The number of hydrogen-bond acceptors (Lipinski definition) is 3. The van der Waals surface area contributed by atoms with E-state index in [1.165, 1.54) is 0 Å². The van der Waals surface area contributed by atoms with Crippen molar-refractivity contribution in [3.63, 3.8) is 0 Å². The summed E-state index contributed by atoms with van der Waals surface area (Å²) >= 11 is 0. The SMILES string of the molecule is CC(C)CC1NC(=O)N(CC(=O)N2c3ccccc3CC2C)C1=O. The minimum Gasteiger partial charge on any atom is -0.326 e. The van der Waals surface area contributed by atoms with Gasteiger partial charge in [0.2, 0.25) is 5.91 Å². The Morgan fingerprint density at radius 2 is 2.00 bits per heavy atom. The first-order valence-corrected chi connectivity index (χ1v) is 8.40. The molecule has 1 fully saturated rings. The zero-order valence-electron chi connectivity index (χ0n) is 14.3. The van der Waals surface area contributed by atoms with Gasteiger partial charge in [-0.25, -0.2) is 4.79 Å². The Morgan fingerprint density at radius 1 is 1.29 bits per heavy atom. The number of amides is 4. The fourth-order valence-corrected chi connectivity index (χ4v) is 3.51. The number of fused-ring (bicyclic) bond motifs is 1. The van der Waals surface area contributed by atoms with Crippen LogP contribution in [0.2, 0.25) is 0 Å². The van der Waals surface area contributed by atoms with Crippen molar-refractivity contribution >= 4 is 23.5 Å². The molecule has 4 amide bonds. The first-order chi connectivity index (χ1) is 11.4. The predicted molar refractivity (Wildman–Crippen MR) is 90.6 cm³/mol. The maximum Gasteiger partial charge on any atom is 0.325 e. The van der Waals surface area contributed by atoms with Crippen LogP contribution in [-0.4, -0.2) is 41.4 Å². The van der Waals surface area contributed by atoms with Crippen LogP contribution in [0.1, 0.15) is 32.8 Å². The number of nitrogens with zero attached hydrogens (tertiary/aromatic N) is 2. The Hall–Kier alpha value is -2.37. The van der Waals surface area contributed by atoms with Crippen LogP contribution in [0, 0.1) is 5.92 Å². The number of hydrogen-bond donors (Lipinski definition) is 1. The second-order valence-electron chi connectivity index (χ2n) is 7.00. The number of anilines is 1. The van der Waals surface area contributed by atoms with Gasteiger partial charge in [0.15, 0.2) is 0 Å². The minimum atomic E-state index is -0.520. The van der Waals surface area contributed by atoms with Gasteiger partial charge in [-0.1, -0.05) is 32.0 Å². The topological polar surface area (TPSA) is 69.7 Å². The number of nitrogens with one attached hydrogen (secondary N) is 1. The molecule has 0 aromatic heterocycles. The normalized spacial score (nSPS) is 23.0. The minimum absolute atomic E-state index is 0.0297. The second-order valence-corrected chi connectivity index (χ2v) is 7.00. The zero-order valence-corrected chi connectivity index (χ0v) is 14.3. The second kappa shape index (κ2) is 6.26. The molecule has 6 nitrogen and oxygen atoms in total. The molecule has 2 atom stereocenters. The zero-order chi connectivity index (χ0) is 17.4. The Bertz CT molecular complexity index is 686. The van der Waals surface area contributed by atoms with E-state index in [0.29, 0.717) is 12.3 Å². The molecule has 0 radical (unpaired) electrons. The lowest BCUT2D eigenvalue weighted by Gasteiger charge is -2.24. The smallest absolute Gasteiger partial charge is 0.325 e. The molecule has 1 aromatic rings. The molecule has 2 heterocycles. The average Bonchev–Trinajstić information content (AvgIpc) is 2.97. The van der Waals surface area contributed by atoms with Crippen LogP contribution in [0.3, 0.4) is 0 Å². The van der Waals surface area contributed by atoms with Crippen LogP contribution >= 0.6 is 0 Å². The number of imide groups is 1. The molecule has 3 rings (SSSR count). The fourth-order valence-electron chi connectivity index (χ4n) is 3.51. The highest BCUT2D eigenvalue weighted by Gasteiger charge is 2.41. The first-order valence-electron chi connectivity index (χ1n) is 8.40. The Labute approximate surface area is 141 Å². The molecular weight excluding hydrogens is 306 g/mol. The molecule has 0 aliphatic carbocycles. The predicted octanol–water partition coefficient (Wildman–Crippen LogP) is 1.93. The maximum atomic E-state index is 12.7. The number of carbonyl (C=O) groups is 3. The molecule has 0 saturated carbocycles. The number of rotatable bonds is 4. The summed E-state index contributed by atoms with van der Waals surface area (Å²) in [4.78, 5) is 40.0. The molecule has 2 unspecified atom stereocenters. The maximum absolute atomic E-state index is 12.7. The van der Waals surface area contributed by atoms with Gasteiger partial charge in [0.05, 0.1) is 0 Å². The van der Waals surface area contributed by atoms with Crippen molar-refractivity contribution in [1.29, 1.82) is 0 Å². The third kappa shape index (κ3) is 2.88. The Balaban J connectivity index is 1.73. The third-order valence-electron chi connectivity index (χ3n) is 4.58. The van der Waals surface area contributed by atoms with Crippen LogP contribution in [0.5, 0.6) is 0 Å². The van der Waals surface area contributed by atoms with Gasteiger partial charge in [-0.3, -0.25) is 14.5 Å². The van der Waals surface area contributed by atoms with Crippen molar-refractivity contribution in [1.82, 2.24) is 10.2 Å². The van der Waals surface area contributed by atoms with E-state index in [0.717, 1.165) is 22.6 Å². The van der Waals surface area contributed by atoms with Crippen LogP contribution in [0.15, 0.2) is 24.3 Å². The van der Waals surface area contributed by atoms with Crippen LogP contribution < -0.4 is 10.2 Å². The molecule has 1 N–H and O–H groups in total. The Morgan fingerprint density at radius 3 is 2.71 bits per heavy atom. The van der Waals surface area contributed by atoms with Gasteiger partial charge in [0.25, 0.3) is 5.91 Å². The molecule has 0 spiro atoms. The molecule has 128 valence electrons. The van der Waals surface area contributed by atoms with Gasteiger partial charge >= 0.3 is 6.03 Å². The van der Waals surface area contributed by atoms with Gasteiger partial charge in [0, 0.05) is 11.7 Å². The molecule has 0 bridgehead atoms. The summed E-state index contributed by atoms with van der Waals surface area (Å²) in [5.74, 6) is -0.233. The highest BCUT2D eigenvalue weighted by Crippen LogP contribution is 2.32.